The summed E-state index contributed by atoms with van der Waals surface area (Å²) in [4.78, 5) is 35.5. The SMILES string of the molecule is Cc1ccc(C2C(C(=O)c3ccc(C)o3)=C(O)C(=O)N2c2ncccn2)cc1. The summed E-state index contributed by atoms with van der Waals surface area (Å²) in [5.41, 5.74) is 1.62. The second kappa shape index (κ2) is 6.77. The zero-order valence-electron chi connectivity index (χ0n) is 15.3. The zero-order chi connectivity index (χ0) is 19.8. The van der Waals surface area contributed by atoms with Crippen molar-refractivity contribution in [3.05, 3.63) is 88.8 Å². The predicted octanol–water partition coefficient (Wildman–Crippen LogP) is 3.47. The number of aryl methyl sites for hydroxylation is 2. The molecular formula is C21H17N3O4. The van der Waals surface area contributed by atoms with Crippen molar-refractivity contribution in [1.82, 2.24) is 9.97 Å². The molecule has 7 heteroatoms. The summed E-state index contributed by atoms with van der Waals surface area (Å²) in [7, 11) is 0. The van der Waals surface area contributed by atoms with Crippen molar-refractivity contribution in [1.29, 1.82) is 0 Å². The van der Waals surface area contributed by atoms with E-state index in [1.807, 2.05) is 31.2 Å². The van der Waals surface area contributed by atoms with Gasteiger partial charge in [-0.25, -0.2) is 9.97 Å². The van der Waals surface area contributed by atoms with Gasteiger partial charge in [-0.15, -0.1) is 0 Å². The van der Waals surface area contributed by atoms with Gasteiger partial charge in [0.1, 0.15) is 5.76 Å². The van der Waals surface area contributed by atoms with Gasteiger partial charge in [0.25, 0.3) is 5.91 Å². The molecule has 1 atom stereocenters. The van der Waals surface area contributed by atoms with E-state index in [9.17, 15) is 14.7 Å². The van der Waals surface area contributed by atoms with Crippen molar-refractivity contribution >= 4 is 17.6 Å². The van der Waals surface area contributed by atoms with Crippen LogP contribution in [0, 0.1) is 13.8 Å². The summed E-state index contributed by atoms with van der Waals surface area (Å²) in [6.07, 6.45) is 2.99. The Morgan fingerprint density at radius 1 is 1.07 bits per heavy atom. The van der Waals surface area contributed by atoms with Gasteiger partial charge in [-0.1, -0.05) is 29.8 Å². The van der Waals surface area contributed by atoms with E-state index in [4.69, 9.17) is 4.42 Å². The first-order valence-electron chi connectivity index (χ1n) is 8.69. The molecule has 0 radical (unpaired) electrons. The first-order valence-corrected chi connectivity index (χ1v) is 8.69. The normalized spacial score (nSPS) is 16.7. The summed E-state index contributed by atoms with van der Waals surface area (Å²) < 4.78 is 5.43. The Morgan fingerprint density at radius 3 is 2.36 bits per heavy atom. The third kappa shape index (κ3) is 2.87. The van der Waals surface area contributed by atoms with E-state index in [0.717, 1.165) is 5.56 Å². The minimum atomic E-state index is -0.867. The van der Waals surface area contributed by atoms with Gasteiger partial charge in [0.2, 0.25) is 11.7 Å². The lowest BCUT2D eigenvalue weighted by Gasteiger charge is -2.24. The molecule has 0 bridgehead atoms. The molecule has 7 nitrogen and oxygen atoms in total. The predicted molar refractivity (Wildman–Crippen MR) is 101 cm³/mol. The molecule has 3 heterocycles. The first kappa shape index (κ1) is 17.7. The van der Waals surface area contributed by atoms with Crippen LogP contribution in [0.2, 0.25) is 0 Å². The molecule has 0 spiro atoms. The number of hydrogen-bond acceptors (Lipinski definition) is 6. The quantitative estimate of drug-likeness (QED) is 0.702. The average Bonchev–Trinajstić information content (AvgIpc) is 3.25. The van der Waals surface area contributed by atoms with E-state index in [1.54, 1.807) is 19.1 Å². The van der Waals surface area contributed by atoms with E-state index in [2.05, 4.69) is 9.97 Å². The molecule has 1 N–H and O–H groups in total. The molecule has 1 aromatic carbocycles. The number of amides is 1. The Labute approximate surface area is 161 Å². The van der Waals surface area contributed by atoms with Crippen molar-refractivity contribution in [3.63, 3.8) is 0 Å². The molecule has 1 aliphatic heterocycles. The summed E-state index contributed by atoms with van der Waals surface area (Å²) in [5, 5.41) is 10.6. The Bertz CT molecular complexity index is 1080. The molecule has 1 unspecified atom stereocenters. The van der Waals surface area contributed by atoms with Crippen molar-refractivity contribution in [2.24, 2.45) is 0 Å². The smallest absolute Gasteiger partial charge is 0.296 e. The molecule has 3 aromatic rings. The van der Waals surface area contributed by atoms with Crippen LogP contribution in [0.4, 0.5) is 5.95 Å². The van der Waals surface area contributed by atoms with Crippen molar-refractivity contribution in [3.8, 4) is 0 Å². The average molecular weight is 375 g/mol. The number of ketones is 1. The van der Waals surface area contributed by atoms with E-state index >= 15 is 0 Å². The molecule has 1 amide bonds. The third-order valence-electron chi connectivity index (χ3n) is 4.58. The monoisotopic (exact) mass is 375 g/mol. The van der Waals surface area contributed by atoms with Crippen LogP contribution in [0.1, 0.15) is 33.5 Å². The van der Waals surface area contributed by atoms with Crippen molar-refractivity contribution in [2.75, 3.05) is 4.90 Å². The molecular weight excluding hydrogens is 358 g/mol. The molecule has 0 saturated carbocycles. The fourth-order valence-corrected chi connectivity index (χ4v) is 3.21. The van der Waals surface area contributed by atoms with Crippen molar-refractivity contribution in [2.45, 2.75) is 19.9 Å². The number of aliphatic hydroxyl groups excluding tert-OH is 1. The highest BCUT2D eigenvalue weighted by molar-refractivity contribution is 6.19. The second-order valence-electron chi connectivity index (χ2n) is 6.54. The van der Waals surface area contributed by atoms with Gasteiger partial charge in [0, 0.05) is 12.4 Å². The second-order valence-corrected chi connectivity index (χ2v) is 6.54. The first-order chi connectivity index (χ1) is 13.5. The van der Waals surface area contributed by atoms with Crippen LogP contribution in [0.5, 0.6) is 0 Å². The van der Waals surface area contributed by atoms with E-state index < -0.39 is 23.5 Å². The molecule has 4 rings (SSSR count). The number of anilines is 1. The molecule has 2 aromatic heterocycles. The Hall–Kier alpha value is -3.74. The fraction of sp³-hybridized carbons (Fsp3) is 0.143. The van der Waals surface area contributed by atoms with E-state index in [1.165, 1.54) is 23.4 Å². The number of nitrogens with zero attached hydrogens (tertiary/aromatic N) is 3. The van der Waals surface area contributed by atoms with Gasteiger partial charge in [-0.3, -0.25) is 14.5 Å². The minimum Gasteiger partial charge on any atom is -0.503 e. The topological polar surface area (TPSA) is 96.5 Å². The lowest BCUT2D eigenvalue weighted by molar-refractivity contribution is -0.117. The molecule has 28 heavy (non-hydrogen) atoms. The fourth-order valence-electron chi connectivity index (χ4n) is 3.21. The summed E-state index contributed by atoms with van der Waals surface area (Å²) in [6, 6.07) is 11.3. The number of benzene rings is 1. The molecule has 140 valence electrons. The Kier molecular flexibility index (Phi) is 4.27. The number of rotatable bonds is 4. The maximum Gasteiger partial charge on any atom is 0.296 e. The van der Waals surface area contributed by atoms with Crippen LogP contribution >= 0.6 is 0 Å². The van der Waals surface area contributed by atoms with E-state index in [-0.39, 0.29) is 17.3 Å². The zero-order valence-corrected chi connectivity index (χ0v) is 15.3. The van der Waals surface area contributed by atoms with E-state index in [0.29, 0.717) is 11.3 Å². The van der Waals surface area contributed by atoms with Crippen LogP contribution in [0.3, 0.4) is 0 Å². The Morgan fingerprint density at radius 2 is 1.75 bits per heavy atom. The van der Waals surface area contributed by atoms with Gasteiger partial charge in [-0.2, -0.15) is 0 Å². The van der Waals surface area contributed by atoms with Gasteiger partial charge in [-0.05, 0) is 37.6 Å². The summed E-state index contributed by atoms with van der Waals surface area (Å²) >= 11 is 0. The number of carbonyl (C=O) groups excluding carboxylic acids is 2. The summed E-state index contributed by atoms with van der Waals surface area (Å²) in [5.74, 6) is -1.20. The molecule has 0 aliphatic carbocycles. The summed E-state index contributed by atoms with van der Waals surface area (Å²) in [6.45, 7) is 3.65. The van der Waals surface area contributed by atoms with Gasteiger partial charge in [0.15, 0.2) is 11.5 Å². The maximum atomic E-state index is 13.1. The van der Waals surface area contributed by atoms with Crippen LogP contribution in [0.25, 0.3) is 0 Å². The standard InChI is InChI=1S/C21H17N3O4/c1-12-4-7-14(8-5-12)17-16(18(25)15-9-6-13(2)28-15)19(26)20(27)24(17)21-22-10-3-11-23-21/h3-11,17,26H,1-2H3. The van der Waals surface area contributed by atoms with Crippen LogP contribution in [0.15, 0.2) is 70.6 Å². The molecule has 1 aliphatic rings. The maximum absolute atomic E-state index is 13.1. The highest BCUT2D eigenvalue weighted by atomic mass is 16.3. The number of furan rings is 1. The number of aromatic nitrogens is 2. The van der Waals surface area contributed by atoms with Crippen molar-refractivity contribution < 1.29 is 19.1 Å². The Balaban J connectivity index is 1.88. The molecule has 0 fully saturated rings. The number of carbonyl (C=O) groups is 2. The number of Topliss-reactive ketones (excluding diaryl/α,β-unsaturated/α-hetero) is 1. The lowest BCUT2D eigenvalue weighted by atomic mass is 9.94. The van der Waals surface area contributed by atoms with Crippen LogP contribution < -0.4 is 4.90 Å². The highest BCUT2D eigenvalue weighted by Gasteiger charge is 2.46. The number of aliphatic hydroxyl groups is 1. The van der Waals surface area contributed by atoms with Gasteiger partial charge < -0.3 is 9.52 Å². The minimum absolute atomic E-state index is 0.0554. The lowest BCUT2D eigenvalue weighted by Crippen LogP contribution is -2.32. The van der Waals surface area contributed by atoms with Crippen LogP contribution in [-0.2, 0) is 4.79 Å². The van der Waals surface area contributed by atoms with Gasteiger partial charge >= 0.3 is 0 Å². The third-order valence-corrected chi connectivity index (χ3v) is 4.58. The number of hydrogen-bond donors (Lipinski definition) is 1. The largest absolute Gasteiger partial charge is 0.503 e. The van der Waals surface area contributed by atoms with Crippen LogP contribution in [-0.4, -0.2) is 26.8 Å². The van der Waals surface area contributed by atoms with Gasteiger partial charge in [0.05, 0.1) is 11.6 Å². The highest BCUT2D eigenvalue weighted by Crippen LogP contribution is 2.40. The molecule has 0 saturated heterocycles.